The highest BCUT2D eigenvalue weighted by molar-refractivity contribution is 9.10. The quantitative estimate of drug-likeness (QED) is 0.727. The van der Waals surface area contributed by atoms with Crippen molar-refractivity contribution in [2.45, 2.75) is 0 Å². The number of halogens is 2. The first-order valence-electron chi connectivity index (χ1n) is 5.74. The summed E-state index contributed by atoms with van der Waals surface area (Å²) in [4.78, 5) is 15.7. The van der Waals surface area contributed by atoms with Crippen molar-refractivity contribution in [3.63, 3.8) is 0 Å². The number of benzene rings is 2. The molecule has 0 fully saturated rings. The molecule has 6 heteroatoms. The fourth-order valence-electron chi connectivity index (χ4n) is 2.07. The second-order valence-corrected chi connectivity index (χ2v) is 5.08. The first-order valence-corrected chi connectivity index (χ1v) is 6.53. The molecule has 4 nitrogen and oxygen atoms in total. The zero-order valence-corrected chi connectivity index (χ0v) is 11.6. The van der Waals surface area contributed by atoms with Crippen molar-refractivity contribution < 1.29 is 14.3 Å². The summed E-state index contributed by atoms with van der Waals surface area (Å²) in [5.74, 6) is -0.455. The summed E-state index contributed by atoms with van der Waals surface area (Å²) in [5, 5.41) is 9.36. The van der Waals surface area contributed by atoms with Gasteiger partial charge in [-0.3, -0.25) is 0 Å². The van der Waals surface area contributed by atoms with E-state index in [2.05, 4.69) is 20.9 Å². The minimum Gasteiger partial charge on any atom is -0.464 e. The maximum Gasteiger partial charge on any atom is 0.417 e. The first-order chi connectivity index (χ1) is 9.58. The highest BCUT2D eigenvalue weighted by Crippen LogP contribution is 2.28. The Labute approximate surface area is 121 Å². The molecule has 0 bridgehead atoms. The number of fused-ring (bicyclic) bond motifs is 1. The summed E-state index contributed by atoms with van der Waals surface area (Å²) < 4.78 is 15.6. The van der Waals surface area contributed by atoms with Gasteiger partial charge < -0.3 is 5.11 Å². The largest absolute Gasteiger partial charge is 0.464 e. The zero-order chi connectivity index (χ0) is 14.3. The number of para-hydroxylation sites is 2. The molecule has 0 atom stereocenters. The van der Waals surface area contributed by atoms with Gasteiger partial charge >= 0.3 is 6.09 Å². The standard InChI is InChI=1S/C14H8BrFN2O2/c15-8-5-6-10(16)9(7-8)13-17-11-3-1-2-4-12(11)18(13)14(19)20/h1-7H,(H,19,20). The molecule has 0 aliphatic rings. The Morgan fingerprint density at radius 3 is 2.75 bits per heavy atom. The molecule has 100 valence electrons. The third-order valence-corrected chi connectivity index (χ3v) is 3.41. The van der Waals surface area contributed by atoms with Crippen LogP contribution in [-0.2, 0) is 0 Å². The normalized spacial score (nSPS) is 10.9. The van der Waals surface area contributed by atoms with Crippen LogP contribution in [0.15, 0.2) is 46.9 Å². The van der Waals surface area contributed by atoms with Crippen LogP contribution in [0.5, 0.6) is 0 Å². The van der Waals surface area contributed by atoms with Gasteiger partial charge in [0.25, 0.3) is 0 Å². The second-order valence-electron chi connectivity index (χ2n) is 4.17. The Morgan fingerprint density at radius 1 is 1.25 bits per heavy atom. The molecule has 2 aromatic carbocycles. The van der Waals surface area contributed by atoms with E-state index in [1.807, 2.05) is 0 Å². The van der Waals surface area contributed by atoms with Crippen LogP contribution >= 0.6 is 15.9 Å². The van der Waals surface area contributed by atoms with Crippen molar-refractivity contribution >= 4 is 33.1 Å². The van der Waals surface area contributed by atoms with Crippen LogP contribution < -0.4 is 0 Å². The lowest BCUT2D eigenvalue weighted by molar-refractivity contribution is 0.197. The van der Waals surface area contributed by atoms with Crippen molar-refractivity contribution in [3.05, 3.63) is 52.8 Å². The van der Waals surface area contributed by atoms with Crippen LogP contribution in [0.2, 0.25) is 0 Å². The molecule has 1 N–H and O–H groups in total. The number of imidazole rings is 1. The molecule has 0 unspecified atom stereocenters. The topological polar surface area (TPSA) is 55.1 Å². The van der Waals surface area contributed by atoms with Crippen molar-refractivity contribution in [1.29, 1.82) is 0 Å². The molecule has 0 aliphatic heterocycles. The first kappa shape index (κ1) is 12.8. The van der Waals surface area contributed by atoms with Gasteiger partial charge in [0.1, 0.15) is 5.82 Å². The molecule has 0 saturated heterocycles. The van der Waals surface area contributed by atoms with E-state index in [0.29, 0.717) is 15.5 Å². The number of aromatic nitrogens is 2. The van der Waals surface area contributed by atoms with Crippen LogP contribution in [-0.4, -0.2) is 20.8 Å². The fraction of sp³-hybridized carbons (Fsp3) is 0. The lowest BCUT2D eigenvalue weighted by atomic mass is 10.2. The highest BCUT2D eigenvalue weighted by atomic mass is 79.9. The van der Waals surface area contributed by atoms with Gasteiger partial charge in [0.15, 0.2) is 5.82 Å². The number of hydrogen-bond donors (Lipinski definition) is 1. The summed E-state index contributed by atoms with van der Waals surface area (Å²) in [6, 6.07) is 11.1. The molecule has 3 rings (SSSR count). The Morgan fingerprint density at radius 2 is 2.00 bits per heavy atom. The molecule has 1 aromatic heterocycles. The Kier molecular flexibility index (Phi) is 3.02. The minimum atomic E-state index is -1.20. The van der Waals surface area contributed by atoms with Gasteiger partial charge in [-0.25, -0.2) is 18.7 Å². The predicted molar refractivity (Wildman–Crippen MR) is 76.2 cm³/mol. The number of nitrogens with zero attached hydrogens (tertiary/aromatic N) is 2. The van der Waals surface area contributed by atoms with E-state index >= 15 is 0 Å². The van der Waals surface area contributed by atoms with Crippen molar-refractivity contribution in [3.8, 4) is 11.4 Å². The van der Waals surface area contributed by atoms with Gasteiger partial charge in [-0.15, -0.1) is 0 Å². The van der Waals surface area contributed by atoms with Crippen LogP contribution in [0.1, 0.15) is 0 Å². The fourth-order valence-corrected chi connectivity index (χ4v) is 2.43. The Balaban J connectivity index is 2.38. The summed E-state index contributed by atoms with van der Waals surface area (Å²) in [5.41, 5.74) is 1.07. The van der Waals surface area contributed by atoms with E-state index in [0.717, 1.165) is 4.57 Å². The van der Waals surface area contributed by atoms with Gasteiger partial charge in [-0.2, -0.15) is 0 Å². The molecule has 0 amide bonds. The van der Waals surface area contributed by atoms with Gasteiger partial charge in [0, 0.05) is 4.47 Å². The number of carboxylic acid groups (broad SMARTS) is 1. The van der Waals surface area contributed by atoms with Gasteiger partial charge in [-0.1, -0.05) is 28.1 Å². The van der Waals surface area contributed by atoms with E-state index in [-0.39, 0.29) is 11.4 Å². The minimum absolute atomic E-state index is 0.0671. The van der Waals surface area contributed by atoms with E-state index < -0.39 is 11.9 Å². The smallest absolute Gasteiger partial charge is 0.417 e. The van der Waals surface area contributed by atoms with Crippen molar-refractivity contribution in [2.75, 3.05) is 0 Å². The van der Waals surface area contributed by atoms with Crippen LogP contribution in [0.4, 0.5) is 9.18 Å². The number of hydrogen-bond acceptors (Lipinski definition) is 2. The third-order valence-electron chi connectivity index (χ3n) is 2.92. The van der Waals surface area contributed by atoms with E-state index in [1.165, 1.54) is 12.1 Å². The van der Waals surface area contributed by atoms with Gasteiger partial charge in [-0.05, 0) is 30.3 Å². The molecule has 0 saturated carbocycles. The monoisotopic (exact) mass is 334 g/mol. The highest BCUT2D eigenvalue weighted by Gasteiger charge is 2.19. The van der Waals surface area contributed by atoms with Crippen LogP contribution in [0, 0.1) is 5.82 Å². The van der Waals surface area contributed by atoms with Crippen LogP contribution in [0.3, 0.4) is 0 Å². The third kappa shape index (κ3) is 1.98. The summed E-state index contributed by atoms with van der Waals surface area (Å²) in [7, 11) is 0. The van der Waals surface area contributed by atoms with Gasteiger partial charge in [0.05, 0.1) is 16.6 Å². The molecular formula is C14H8BrFN2O2. The summed E-state index contributed by atoms with van der Waals surface area (Å²) >= 11 is 3.25. The van der Waals surface area contributed by atoms with Crippen LogP contribution in [0.25, 0.3) is 22.4 Å². The predicted octanol–water partition coefficient (Wildman–Crippen LogP) is 4.13. The molecule has 0 aliphatic carbocycles. The number of rotatable bonds is 1. The lowest BCUT2D eigenvalue weighted by Crippen LogP contribution is -2.10. The molecule has 3 aromatic rings. The van der Waals surface area contributed by atoms with E-state index in [1.54, 1.807) is 30.3 Å². The van der Waals surface area contributed by atoms with E-state index in [9.17, 15) is 14.3 Å². The molecular weight excluding hydrogens is 327 g/mol. The summed E-state index contributed by atoms with van der Waals surface area (Å²) in [6.45, 7) is 0. The van der Waals surface area contributed by atoms with Crippen molar-refractivity contribution in [1.82, 2.24) is 9.55 Å². The van der Waals surface area contributed by atoms with Crippen molar-refractivity contribution in [2.24, 2.45) is 0 Å². The maximum absolute atomic E-state index is 14.0. The van der Waals surface area contributed by atoms with Gasteiger partial charge in [0.2, 0.25) is 0 Å². The zero-order valence-electron chi connectivity index (χ0n) is 10.0. The average Bonchev–Trinajstić information content (AvgIpc) is 2.80. The van der Waals surface area contributed by atoms with E-state index in [4.69, 9.17) is 0 Å². The molecule has 0 radical (unpaired) electrons. The second kappa shape index (κ2) is 4.72. The average molecular weight is 335 g/mol. The molecule has 0 spiro atoms. The molecule has 20 heavy (non-hydrogen) atoms. The Hall–Kier alpha value is -2.21. The summed E-state index contributed by atoms with van der Waals surface area (Å²) in [6.07, 6.45) is -1.20. The lowest BCUT2D eigenvalue weighted by Gasteiger charge is -2.05. The molecule has 1 heterocycles. The maximum atomic E-state index is 14.0. The Bertz CT molecular complexity index is 829. The SMILES string of the molecule is O=C(O)n1c(-c2cc(Br)ccc2F)nc2ccccc21. The number of carbonyl (C=O) groups is 1.